The summed E-state index contributed by atoms with van der Waals surface area (Å²) < 4.78 is 34.0. The summed E-state index contributed by atoms with van der Waals surface area (Å²) in [5, 5.41) is 8.28. The average molecular weight is 478 g/mol. The van der Waals surface area contributed by atoms with E-state index in [1.165, 1.54) is 18.2 Å². The second-order valence-electron chi connectivity index (χ2n) is 6.98. The zero-order chi connectivity index (χ0) is 22.2. The normalized spacial score (nSPS) is 13.9. The third-order valence-corrected chi connectivity index (χ3v) is 7.16. The Balaban J connectivity index is 1.80. The van der Waals surface area contributed by atoms with Crippen molar-refractivity contribution in [2.24, 2.45) is 0 Å². The maximum Gasteiger partial charge on any atom is 0.434 e. The van der Waals surface area contributed by atoms with E-state index in [0.717, 1.165) is 16.3 Å². The van der Waals surface area contributed by atoms with E-state index < -0.39 is 27.7 Å². The average Bonchev–Trinajstić information content (AvgIpc) is 3.17. The maximum atomic E-state index is 13.2. The SMILES string of the molecule is C[C@H](c1cccc2ccccc12)[C@H](NS(=O)(=O)c1ccc(Cl)cc1Cl)c1n[nH]c(=O)o1. The molecule has 4 aromatic rings. The van der Waals surface area contributed by atoms with Gasteiger partial charge in [0.25, 0.3) is 0 Å². The lowest BCUT2D eigenvalue weighted by molar-refractivity contribution is 0.382. The van der Waals surface area contributed by atoms with Crippen molar-refractivity contribution in [3.05, 3.63) is 92.7 Å². The molecule has 3 aromatic carbocycles. The summed E-state index contributed by atoms with van der Waals surface area (Å²) in [7, 11) is -4.11. The smallest absolute Gasteiger partial charge is 0.391 e. The molecule has 0 bridgehead atoms. The molecule has 0 aliphatic rings. The molecule has 0 saturated heterocycles. The summed E-state index contributed by atoms with van der Waals surface area (Å²) >= 11 is 12.0. The number of aromatic amines is 1. The molecule has 160 valence electrons. The Hall–Kier alpha value is -2.65. The quantitative estimate of drug-likeness (QED) is 0.420. The lowest BCUT2D eigenvalue weighted by Crippen LogP contribution is -2.32. The topological polar surface area (TPSA) is 105 Å². The molecular formula is C21H17Cl2N3O4S. The first-order valence-electron chi connectivity index (χ1n) is 9.27. The summed E-state index contributed by atoms with van der Waals surface area (Å²) in [4.78, 5) is 11.4. The van der Waals surface area contributed by atoms with Crippen LogP contribution in [0.3, 0.4) is 0 Å². The van der Waals surface area contributed by atoms with E-state index in [-0.39, 0.29) is 15.8 Å². The molecule has 1 aromatic heterocycles. The Labute approximate surface area is 188 Å². The van der Waals surface area contributed by atoms with Crippen LogP contribution < -0.4 is 10.5 Å². The van der Waals surface area contributed by atoms with Crippen LogP contribution in [0.1, 0.15) is 30.3 Å². The minimum atomic E-state index is -4.11. The molecule has 0 amide bonds. The fourth-order valence-corrected chi connectivity index (χ4v) is 5.53. The molecule has 31 heavy (non-hydrogen) atoms. The third-order valence-electron chi connectivity index (χ3n) is 5.00. The van der Waals surface area contributed by atoms with Crippen LogP contribution in [-0.4, -0.2) is 18.6 Å². The predicted molar refractivity (Wildman–Crippen MR) is 119 cm³/mol. The number of aromatic nitrogens is 2. The molecule has 0 radical (unpaired) electrons. The van der Waals surface area contributed by atoms with Crippen molar-refractivity contribution in [2.45, 2.75) is 23.8 Å². The molecule has 1 heterocycles. The van der Waals surface area contributed by atoms with Crippen LogP contribution in [0.25, 0.3) is 10.8 Å². The van der Waals surface area contributed by atoms with Crippen molar-refractivity contribution in [3.8, 4) is 0 Å². The number of hydrogen-bond donors (Lipinski definition) is 2. The number of halogens is 2. The number of benzene rings is 3. The lowest BCUT2D eigenvalue weighted by Gasteiger charge is -2.24. The third kappa shape index (κ3) is 4.38. The van der Waals surface area contributed by atoms with Crippen molar-refractivity contribution < 1.29 is 12.8 Å². The predicted octanol–water partition coefficient (Wildman–Crippen LogP) is 4.65. The second kappa shape index (κ2) is 8.47. The minimum absolute atomic E-state index is 0.0277. The van der Waals surface area contributed by atoms with Crippen LogP contribution in [0.15, 0.2) is 74.8 Å². The summed E-state index contributed by atoms with van der Waals surface area (Å²) in [5.74, 6) is -1.31. The monoisotopic (exact) mass is 477 g/mol. The zero-order valence-electron chi connectivity index (χ0n) is 16.2. The van der Waals surface area contributed by atoms with Crippen molar-refractivity contribution in [1.29, 1.82) is 0 Å². The first kappa shape index (κ1) is 21.6. The van der Waals surface area contributed by atoms with Gasteiger partial charge in [0, 0.05) is 10.9 Å². The van der Waals surface area contributed by atoms with Crippen LogP contribution in [-0.2, 0) is 10.0 Å². The van der Waals surface area contributed by atoms with Gasteiger partial charge in [-0.2, -0.15) is 4.72 Å². The Morgan fingerprint density at radius 2 is 1.81 bits per heavy atom. The van der Waals surface area contributed by atoms with Crippen molar-refractivity contribution >= 4 is 44.0 Å². The van der Waals surface area contributed by atoms with Crippen LogP contribution in [0.5, 0.6) is 0 Å². The van der Waals surface area contributed by atoms with Gasteiger partial charge in [0.05, 0.1) is 5.02 Å². The van der Waals surface area contributed by atoms with Gasteiger partial charge in [0.2, 0.25) is 15.9 Å². The standard InChI is InChI=1S/C21H17Cl2N3O4S/c1-12(15-8-4-6-13-5-2-3-7-16(13)15)19(20-24-25-21(27)30-20)26-31(28,29)18-10-9-14(22)11-17(18)23/h2-12,19,26H,1H3,(H,25,27)/t12-,19+/m1/s1. The number of nitrogens with one attached hydrogen (secondary N) is 2. The van der Waals surface area contributed by atoms with Crippen LogP contribution >= 0.6 is 23.2 Å². The highest BCUT2D eigenvalue weighted by molar-refractivity contribution is 7.89. The van der Waals surface area contributed by atoms with Gasteiger partial charge in [-0.15, -0.1) is 5.10 Å². The number of sulfonamides is 1. The zero-order valence-corrected chi connectivity index (χ0v) is 18.5. The summed E-state index contributed by atoms with van der Waals surface area (Å²) in [5.41, 5.74) is 0.860. The van der Waals surface area contributed by atoms with E-state index in [0.29, 0.717) is 5.02 Å². The van der Waals surface area contributed by atoms with E-state index in [4.69, 9.17) is 27.6 Å². The van der Waals surface area contributed by atoms with Crippen LogP contribution in [0.4, 0.5) is 0 Å². The number of fused-ring (bicyclic) bond motifs is 1. The summed E-state index contributed by atoms with van der Waals surface area (Å²) in [6.45, 7) is 1.83. The molecule has 0 spiro atoms. The minimum Gasteiger partial charge on any atom is -0.391 e. The van der Waals surface area contributed by atoms with Gasteiger partial charge < -0.3 is 4.42 Å². The van der Waals surface area contributed by atoms with E-state index in [1.54, 1.807) is 0 Å². The molecule has 2 N–H and O–H groups in total. The highest BCUT2D eigenvalue weighted by Gasteiger charge is 2.32. The van der Waals surface area contributed by atoms with Gasteiger partial charge in [-0.05, 0) is 34.5 Å². The second-order valence-corrected chi connectivity index (χ2v) is 9.51. The fraction of sp³-hybridized carbons (Fsp3) is 0.143. The molecule has 7 nitrogen and oxygen atoms in total. The number of nitrogens with zero attached hydrogens (tertiary/aromatic N) is 1. The van der Waals surface area contributed by atoms with Gasteiger partial charge in [-0.3, -0.25) is 0 Å². The lowest BCUT2D eigenvalue weighted by atomic mass is 9.89. The number of hydrogen-bond acceptors (Lipinski definition) is 5. The van der Waals surface area contributed by atoms with E-state index in [9.17, 15) is 13.2 Å². The summed E-state index contributed by atoms with van der Waals surface area (Å²) in [6, 6.07) is 16.6. The van der Waals surface area contributed by atoms with Gasteiger partial charge in [-0.25, -0.2) is 18.3 Å². The molecule has 2 atom stereocenters. The van der Waals surface area contributed by atoms with Crippen molar-refractivity contribution in [3.63, 3.8) is 0 Å². The highest BCUT2D eigenvalue weighted by atomic mass is 35.5. The Kier molecular flexibility index (Phi) is 5.90. The van der Waals surface area contributed by atoms with Crippen LogP contribution in [0, 0.1) is 0 Å². The van der Waals surface area contributed by atoms with E-state index in [1.807, 2.05) is 49.4 Å². The Bertz CT molecular complexity index is 1410. The summed E-state index contributed by atoms with van der Waals surface area (Å²) in [6.07, 6.45) is 0. The van der Waals surface area contributed by atoms with E-state index >= 15 is 0 Å². The van der Waals surface area contributed by atoms with Crippen molar-refractivity contribution in [1.82, 2.24) is 14.9 Å². The Morgan fingerprint density at radius 3 is 2.52 bits per heavy atom. The van der Waals surface area contributed by atoms with Crippen LogP contribution in [0.2, 0.25) is 10.0 Å². The fourth-order valence-electron chi connectivity index (χ4n) is 3.49. The highest BCUT2D eigenvalue weighted by Crippen LogP contribution is 2.35. The van der Waals surface area contributed by atoms with Gasteiger partial charge >= 0.3 is 5.76 Å². The molecule has 10 heteroatoms. The molecule has 0 aliphatic heterocycles. The number of H-pyrrole nitrogens is 1. The first-order chi connectivity index (χ1) is 14.8. The maximum absolute atomic E-state index is 13.2. The molecule has 0 saturated carbocycles. The van der Waals surface area contributed by atoms with Crippen molar-refractivity contribution in [2.75, 3.05) is 0 Å². The largest absolute Gasteiger partial charge is 0.434 e. The first-order valence-corrected chi connectivity index (χ1v) is 11.5. The van der Waals surface area contributed by atoms with E-state index in [2.05, 4.69) is 14.9 Å². The molecule has 0 aliphatic carbocycles. The van der Waals surface area contributed by atoms with Gasteiger partial charge in [-0.1, -0.05) is 72.6 Å². The molecule has 0 unspecified atom stereocenters. The molecule has 0 fully saturated rings. The molecular weight excluding hydrogens is 461 g/mol. The molecule has 4 rings (SSSR count). The Morgan fingerprint density at radius 1 is 1.06 bits per heavy atom. The number of rotatable bonds is 6. The van der Waals surface area contributed by atoms with Gasteiger partial charge in [0.15, 0.2) is 0 Å². The van der Waals surface area contributed by atoms with Gasteiger partial charge in [0.1, 0.15) is 10.9 Å².